The molecule has 2 aliphatic rings. The van der Waals surface area contributed by atoms with Crippen molar-refractivity contribution in [1.82, 2.24) is 9.13 Å². The van der Waals surface area contributed by atoms with Gasteiger partial charge in [0.2, 0.25) is 0 Å². The van der Waals surface area contributed by atoms with Crippen LogP contribution < -0.4 is 0 Å². The van der Waals surface area contributed by atoms with Crippen LogP contribution in [0.15, 0.2) is 48.5 Å². The largest absolute Gasteiger partial charge is 0.478 e. The minimum Gasteiger partial charge on any atom is -0.478 e. The van der Waals surface area contributed by atoms with E-state index in [1.54, 1.807) is 6.07 Å². The van der Waals surface area contributed by atoms with E-state index in [0.717, 1.165) is 31.4 Å². The molecule has 1 aliphatic carbocycles. The molecule has 1 N–H and O–H groups in total. The first kappa shape index (κ1) is 21.8. The second kappa shape index (κ2) is 9.09. The number of fused-ring (bicyclic) bond motifs is 7. The molecule has 1 fully saturated rings. The lowest BCUT2D eigenvalue weighted by Gasteiger charge is -2.25. The zero-order chi connectivity index (χ0) is 22.9. The molecule has 4 aromatic rings. The molecule has 4 heteroatoms. The minimum atomic E-state index is -0.850. The fourth-order valence-electron chi connectivity index (χ4n) is 6.01. The molecule has 4 nitrogen and oxygen atoms in total. The van der Waals surface area contributed by atoms with Gasteiger partial charge in [-0.15, -0.1) is 0 Å². The molecule has 0 amide bonds. The van der Waals surface area contributed by atoms with E-state index in [1.165, 1.54) is 65.3 Å². The van der Waals surface area contributed by atoms with E-state index >= 15 is 0 Å². The fraction of sp³-hybridized carbons (Fsp3) is 0.414. The molecule has 1 saturated carbocycles. The Bertz CT molecular complexity index is 1300. The maximum atomic E-state index is 11.7. The lowest BCUT2D eigenvalue weighted by Crippen LogP contribution is -2.12. The highest BCUT2D eigenvalue weighted by molar-refractivity contribution is 5.99. The molecule has 0 radical (unpaired) electrons. The normalized spacial score (nSPS) is 16.4. The number of carboxylic acids is 1. The summed E-state index contributed by atoms with van der Waals surface area (Å²) in [5, 5.41) is 12.2. The molecule has 172 valence electrons. The van der Waals surface area contributed by atoms with Gasteiger partial charge in [-0.3, -0.25) is 0 Å². The van der Waals surface area contributed by atoms with Crippen LogP contribution in [-0.2, 0) is 13.1 Å². The van der Waals surface area contributed by atoms with Crippen LogP contribution in [0.3, 0.4) is 0 Å². The van der Waals surface area contributed by atoms with Crippen molar-refractivity contribution in [2.75, 3.05) is 0 Å². The number of nitrogens with zero attached hydrogens (tertiary/aromatic N) is 2. The second-order valence-corrected chi connectivity index (χ2v) is 9.23. The topological polar surface area (TPSA) is 47.2 Å². The Hall–Kier alpha value is -3.01. The van der Waals surface area contributed by atoms with E-state index in [4.69, 9.17) is 0 Å². The molecule has 2 aromatic carbocycles. The number of carboxylic acid groups (broad SMARTS) is 1. The van der Waals surface area contributed by atoms with Crippen molar-refractivity contribution in [2.45, 2.75) is 77.8 Å². The van der Waals surface area contributed by atoms with Gasteiger partial charge in [-0.25, -0.2) is 4.79 Å². The van der Waals surface area contributed by atoms with Gasteiger partial charge in [0.15, 0.2) is 0 Å². The number of hydrogen-bond donors (Lipinski definition) is 1. The van der Waals surface area contributed by atoms with Crippen LogP contribution in [0.4, 0.5) is 0 Å². The van der Waals surface area contributed by atoms with Gasteiger partial charge < -0.3 is 14.2 Å². The summed E-state index contributed by atoms with van der Waals surface area (Å²) in [7, 11) is 0. The number of rotatable bonds is 2. The van der Waals surface area contributed by atoms with Gasteiger partial charge >= 0.3 is 5.97 Å². The van der Waals surface area contributed by atoms with Crippen molar-refractivity contribution >= 4 is 27.8 Å². The molecule has 0 bridgehead atoms. The second-order valence-electron chi connectivity index (χ2n) is 9.23. The predicted octanol–water partition coefficient (Wildman–Crippen LogP) is 7.83. The monoisotopic (exact) mass is 442 g/mol. The molecule has 1 aliphatic heterocycles. The van der Waals surface area contributed by atoms with Crippen LogP contribution in [0.2, 0.25) is 0 Å². The Morgan fingerprint density at radius 2 is 1.58 bits per heavy atom. The summed E-state index contributed by atoms with van der Waals surface area (Å²) in [5.74, 6) is -0.300. The van der Waals surface area contributed by atoms with Crippen LogP contribution in [0.5, 0.6) is 0 Å². The summed E-state index contributed by atoms with van der Waals surface area (Å²) < 4.78 is 4.94. The van der Waals surface area contributed by atoms with Gasteiger partial charge in [0.05, 0.1) is 17.0 Å². The Labute approximate surface area is 195 Å². The lowest BCUT2D eigenvalue weighted by molar-refractivity contribution is 0.0697. The molecule has 0 atom stereocenters. The average Bonchev–Trinajstić information content (AvgIpc) is 3.36. The molecule has 0 unspecified atom stereocenters. The van der Waals surface area contributed by atoms with E-state index in [0.29, 0.717) is 11.5 Å². The third-order valence-electron chi connectivity index (χ3n) is 7.43. The van der Waals surface area contributed by atoms with Gasteiger partial charge in [0, 0.05) is 34.9 Å². The predicted molar refractivity (Wildman–Crippen MR) is 136 cm³/mol. The Morgan fingerprint density at radius 3 is 2.33 bits per heavy atom. The van der Waals surface area contributed by atoms with Gasteiger partial charge in [-0.1, -0.05) is 57.4 Å². The molecular formula is C29H34N2O2. The maximum Gasteiger partial charge on any atom is 0.335 e. The quantitative estimate of drug-likeness (QED) is 0.344. The zero-order valence-electron chi connectivity index (χ0n) is 19.8. The van der Waals surface area contributed by atoms with Crippen LogP contribution in [-0.4, -0.2) is 20.2 Å². The van der Waals surface area contributed by atoms with Gasteiger partial charge in [-0.05, 0) is 61.4 Å². The molecule has 0 spiro atoms. The third kappa shape index (κ3) is 3.66. The lowest BCUT2D eigenvalue weighted by atomic mass is 9.82. The third-order valence-corrected chi connectivity index (χ3v) is 7.43. The number of carbonyl (C=O) groups is 1. The summed E-state index contributed by atoms with van der Waals surface area (Å²) in [5.41, 5.74) is 6.87. The Balaban J connectivity index is 0.00000111. The average molecular weight is 443 g/mol. The minimum absolute atomic E-state index is 0.380. The summed E-state index contributed by atoms with van der Waals surface area (Å²) in [6.07, 6.45) is 8.58. The smallest absolute Gasteiger partial charge is 0.335 e. The van der Waals surface area contributed by atoms with Crippen molar-refractivity contribution in [3.63, 3.8) is 0 Å². The summed E-state index contributed by atoms with van der Waals surface area (Å²) >= 11 is 0. The first-order valence-electron chi connectivity index (χ1n) is 12.7. The number of benzene rings is 2. The van der Waals surface area contributed by atoms with Crippen molar-refractivity contribution in [2.24, 2.45) is 0 Å². The van der Waals surface area contributed by atoms with E-state index in [1.807, 2.05) is 19.9 Å². The van der Waals surface area contributed by atoms with Crippen LogP contribution in [0.1, 0.15) is 80.6 Å². The highest BCUT2D eigenvalue weighted by Crippen LogP contribution is 2.46. The van der Waals surface area contributed by atoms with Gasteiger partial charge in [-0.2, -0.15) is 0 Å². The fourth-order valence-corrected chi connectivity index (χ4v) is 6.01. The molecule has 2 aromatic heterocycles. The number of aromatic carboxylic acids is 1. The van der Waals surface area contributed by atoms with Crippen molar-refractivity contribution in [3.05, 3.63) is 59.7 Å². The molecule has 3 heterocycles. The summed E-state index contributed by atoms with van der Waals surface area (Å²) in [6.45, 7) is 5.98. The molecule has 33 heavy (non-hydrogen) atoms. The number of aromatic nitrogens is 2. The van der Waals surface area contributed by atoms with Crippen LogP contribution >= 0.6 is 0 Å². The van der Waals surface area contributed by atoms with Crippen molar-refractivity contribution in [3.8, 4) is 11.4 Å². The Kier molecular flexibility index (Phi) is 6.01. The van der Waals surface area contributed by atoms with Crippen molar-refractivity contribution in [1.29, 1.82) is 0 Å². The SMILES string of the molecule is CC.O=C(O)c1ccc2c(C3CCCCC3)c3n(c2c1)CCCCn1c-3cc2ccccc21. The molecule has 6 rings (SSSR count). The van der Waals surface area contributed by atoms with Gasteiger partial charge in [0.25, 0.3) is 0 Å². The first-order chi connectivity index (χ1) is 16.2. The first-order valence-corrected chi connectivity index (χ1v) is 12.7. The number of hydrogen-bond acceptors (Lipinski definition) is 1. The van der Waals surface area contributed by atoms with Crippen molar-refractivity contribution < 1.29 is 9.90 Å². The Morgan fingerprint density at radius 1 is 0.848 bits per heavy atom. The molecular weight excluding hydrogens is 408 g/mol. The van der Waals surface area contributed by atoms with Crippen LogP contribution in [0.25, 0.3) is 33.2 Å². The zero-order valence-corrected chi connectivity index (χ0v) is 19.8. The van der Waals surface area contributed by atoms with Gasteiger partial charge in [0.1, 0.15) is 0 Å². The number of aryl methyl sites for hydroxylation is 2. The highest BCUT2D eigenvalue weighted by Gasteiger charge is 2.29. The number of para-hydroxylation sites is 1. The maximum absolute atomic E-state index is 11.7. The van der Waals surface area contributed by atoms with E-state index in [-0.39, 0.29) is 0 Å². The summed E-state index contributed by atoms with van der Waals surface area (Å²) in [4.78, 5) is 11.7. The molecule has 0 saturated heterocycles. The highest BCUT2D eigenvalue weighted by atomic mass is 16.4. The standard InChI is InChI=1S/C27H28N2O2.C2H6/c30-27(31)20-12-13-21-23(17-20)29-15-7-6-14-28-22-11-5-4-10-19(22)16-24(28)26(29)25(21)18-8-2-1-3-9-18;1-2/h4-5,10-13,16-18H,1-3,6-9,14-15H2,(H,30,31);1-2H3. The van der Waals surface area contributed by atoms with Crippen LogP contribution in [0, 0.1) is 0 Å². The van der Waals surface area contributed by atoms with E-state index in [9.17, 15) is 9.90 Å². The van der Waals surface area contributed by atoms with E-state index < -0.39 is 5.97 Å². The summed E-state index contributed by atoms with van der Waals surface area (Å²) in [6, 6.07) is 16.8. The van der Waals surface area contributed by atoms with E-state index in [2.05, 4.69) is 45.5 Å².